The lowest BCUT2D eigenvalue weighted by Crippen LogP contribution is -2.44. The molecule has 3 aliphatic heterocycles. The molecule has 2 amide bonds. The van der Waals surface area contributed by atoms with Gasteiger partial charge in [-0.2, -0.15) is 13.2 Å². The molecule has 36 heavy (non-hydrogen) atoms. The Kier molecular flexibility index (Phi) is 5.14. The number of benzene rings is 2. The van der Waals surface area contributed by atoms with E-state index in [0.717, 1.165) is 28.2 Å². The molecule has 10 heteroatoms. The van der Waals surface area contributed by atoms with Gasteiger partial charge in [-0.1, -0.05) is 41.9 Å². The number of fused-ring (bicyclic) bond motifs is 5. The van der Waals surface area contributed by atoms with Crippen LogP contribution >= 0.6 is 22.9 Å². The standard InChI is InChI=1S/C26H16ClF3N2O3S/c27-16-8-7-14(26(28,29)30)12-17(16)32-24(34)19-20(25(32)35)22(23(33)18-6-3-11-36-18)31-10-9-13-4-1-2-5-15(13)21(19)31/h1-12,19-22H/t19-,20+,21-,22-/m0/s1. The van der Waals surface area contributed by atoms with Crippen molar-refractivity contribution in [1.82, 2.24) is 4.90 Å². The zero-order valence-corrected chi connectivity index (χ0v) is 19.8. The summed E-state index contributed by atoms with van der Waals surface area (Å²) in [4.78, 5) is 44.2. The van der Waals surface area contributed by atoms with Gasteiger partial charge < -0.3 is 4.90 Å². The van der Waals surface area contributed by atoms with Crippen LogP contribution < -0.4 is 4.90 Å². The molecule has 0 saturated carbocycles. The minimum absolute atomic E-state index is 0.161. The highest BCUT2D eigenvalue weighted by molar-refractivity contribution is 7.12. The Hall–Kier alpha value is -3.43. The van der Waals surface area contributed by atoms with Crippen LogP contribution in [-0.2, 0) is 15.8 Å². The molecule has 2 saturated heterocycles. The lowest BCUT2D eigenvalue weighted by atomic mass is 9.84. The molecule has 182 valence electrons. The third-order valence-corrected chi connectivity index (χ3v) is 8.21. The fraction of sp³-hybridized carbons (Fsp3) is 0.192. The van der Waals surface area contributed by atoms with Gasteiger partial charge in [0, 0.05) is 6.20 Å². The second kappa shape index (κ2) is 8.04. The number of thiophene rings is 1. The van der Waals surface area contributed by atoms with Gasteiger partial charge in [-0.3, -0.25) is 14.4 Å². The normalized spacial score (nSPS) is 24.7. The van der Waals surface area contributed by atoms with E-state index in [9.17, 15) is 27.6 Å². The second-order valence-electron chi connectivity index (χ2n) is 8.85. The molecule has 0 N–H and O–H groups in total. The largest absolute Gasteiger partial charge is 0.416 e. The summed E-state index contributed by atoms with van der Waals surface area (Å²) in [6, 6.07) is 11.6. The SMILES string of the molecule is O=C(c1cccs1)[C@@H]1[C@@H]2C(=O)N(c3cc(C(F)(F)F)ccc3Cl)C(=O)[C@@H]2[C@@H]2c3ccccc3C=CN12. The molecular weight excluding hydrogens is 513 g/mol. The van der Waals surface area contributed by atoms with E-state index in [2.05, 4.69) is 0 Å². The topological polar surface area (TPSA) is 57.7 Å². The third-order valence-electron chi connectivity index (χ3n) is 7.01. The molecule has 0 radical (unpaired) electrons. The predicted octanol–water partition coefficient (Wildman–Crippen LogP) is 5.82. The number of halogens is 4. The van der Waals surface area contributed by atoms with Crippen molar-refractivity contribution in [2.75, 3.05) is 4.90 Å². The number of hydrogen-bond acceptors (Lipinski definition) is 5. The van der Waals surface area contributed by atoms with Gasteiger partial charge >= 0.3 is 6.18 Å². The quantitative estimate of drug-likeness (QED) is 0.317. The fourth-order valence-corrected chi connectivity index (χ4v) is 6.42. The zero-order chi connectivity index (χ0) is 25.4. The van der Waals surface area contributed by atoms with Gasteiger partial charge in [0.2, 0.25) is 11.8 Å². The van der Waals surface area contributed by atoms with Crippen LogP contribution in [0, 0.1) is 11.8 Å². The number of carbonyl (C=O) groups is 3. The number of Topliss-reactive ketones (excluding diaryl/α,β-unsaturated/α-hetero) is 1. The first kappa shape index (κ1) is 23.0. The Morgan fingerprint density at radius 3 is 2.44 bits per heavy atom. The summed E-state index contributed by atoms with van der Waals surface area (Å²) >= 11 is 7.44. The third kappa shape index (κ3) is 3.26. The second-order valence-corrected chi connectivity index (χ2v) is 10.2. The number of ketones is 1. The van der Waals surface area contributed by atoms with E-state index in [0.29, 0.717) is 10.9 Å². The smallest absolute Gasteiger partial charge is 0.358 e. The van der Waals surface area contributed by atoms with Gasteiger partial charge in [0.1, 0.15) is 6.04 Å². The number of rotatable bonds is 3. The summed E-state index contributed by atoms with van der Waals surface area (Å²) in [6.07, 6.45) is -1.13. The molecule has 4 atom stereocenters. The van der Waals surface area contributed by atoms with Crippen LogP contribution in [0.15, 0.2) is 66.2 Å². The first-order valence-electron chi connectivity index (χ1n) is 11.1. The Bertz CT molecular complexity index is 1450. The van der Waals surface area contributed by atoms with Gasteiger partial charge in [0.25, 0.3) is 0 Å². The summed E-state index contributed by atoms with van der Waals surface area (Å²) < 4.78 is 40.3. The van der Waals surface area contributed by atoms with Crippen molar-refractivity contribution in [2.45, 2.75) is 18.3 Å². The number of hydrogen-bond donors (Lipinski definition) is 0. The average molecular weight is 529 g/mol. The van der Waals surface area contributed by atoms with Crippen molar-refractivity contribution >= 4 is 52.3 Å². The Morgan fingerprint density at radius 1 is 0.972 bits per heavy atom. The van der Waals surface area contributed by atoms with Crippen molar-refractivity contribution in [3.63, 3.8) is 0 Å². The van der Waals surface area contributed by atoms with E-state index in [-0.39, 0.29) is 16.5 Å². The molecule has 1 aromatic heterocycles. The molecule has 3 aromatic rings. The Balaban J connectivity index is 1.51. The molecule has 0 aliphatic carbocycles. The summed E-state index contributed by atoms with van der Waals surface area (Å²) in [6.45, 7) is 0. The maximum absolute atomic E-state index is 13.8. The van der Waals surface area contributed by atoms with Crippen LogP contribution in [-0.4, -0.2) is 28.5 Å². The van der Waals surface area contributed by atoms with Crippen LogP contribution in [0.5, 0.6) is 0 Å². The fourth-order valence-electron chi connectivity index (χ4n) is 5.52. The van der Waals surface area contributed by atoms with Gasteiger partial charge in [-0.15, -0.1) is 11.3 Å². The van der Waals surface area contributed by atoms with E-state index in [1.54, 1.807) is 28.6 Å². The first-order chi connectivity index (χ1) is 17.2. The van der Waals surface area contributed by atoms with Crippen molar-refractivity contribution in [3.05, 3.63) is 92.8 Å². The summed E-state index contributed by atoms with van der Waals surface area (Å²) in [5, 5.41) is 1.58. The van der Waals surface area contributed by atoms with Crippen LogP contribution in [0.2, 0.25) is 5.02 Å². The molecule has 2 aromatic carbocycles. The number of imide groups is 1. The van der Waals surface area contributed by atoms with E-state index in [1.165, 1.54) is 11.3 Å². The highest BCUT2D eigenvalue weighted by Crippen LogP contribution is 2.54. The highest BCUT2D eigenvalue weighted by Gasteiger charge is 2.64. The van der Waals surface area contributed by atoms with E-state index in [4.69, 9.17) is 11.6 Å². The van der Waals surface area contributed by atoms with E-state index in [1.807, 2.05) is 30.3 Å². The molecule has 4 heterocycles. The van der Waals surface area contributed by atoms with Crippen molar-refractivity contribution < 1.29 is 27.6 Å². The van der Waals surface area contributed by atoms with Gasteiger partial charge in [0.05, 0.1) is 39.0 Å². The van der Waals surface area contributed by atoms with Crippen LogP contribution in [0.4, 0.5) is 18.9 Å². The van der Waals surface area contributed by atoms with Gasteiger partial charge in [-0.05, 0) is 46.8 Å². The van der Waals surface area contributed by atoms with E-state index < -0.39 is 47.5 Å². The number of carbonyl (C=O) groups excluding carboxylic acids is 3. The van der Waals surface area contributed by atoms with E-state index >= 15 is 0 Å². The van der Waals surface area contributed by atoms with Crippen molar-refractivity contribution in [3.8, 4) is 0 Å². The molecule has 2 fully saturated rings. The number of alkyl halides is 3. The Morgan fingerprint density at radius 2 is 1.72 bits per heavy atom. The van der Waals surface area contributed by atoms with Crippen molar-refractivity contribution in [1.29, 1.82) is 0 Å². The summed E-state index contributed by atoms with van der Waals surface area (Å²) in [5.41, 5.74) is 0.259. The van der Waals surface area contributed by atoms with Crippen molar-refractivity contribution in [2.24, 2.45) is 11.8 Å². The predicted molar refractivity (Wildman–Crippen MR) is 128 cm³/mol. The molecule has 6 rings (SSSR count). The van der Waals surface area contributed by atoms with Gasteiger partial charge in [0.15, 0.2) is 5.78 Å². The lowest BCUT2D eigenvalue weighted by Gasteiger charge is -2.35. The molecule has 0 bridgehead atoms. The first-order valence-corrected chi connectivity index (χ1v) is 12.3. The molecule has 0 spiro atoms. The summed E-state index contributed by atoms with van der Waals surface area (Å²) in [7, 11) is 0. The zero-order valence-electron chi connectivity index (χ0n) is 18.3. The lowest BCUT2D eigenvalue weighted by molar-refractivity contribution is -0.137. The molecular formula is C26H16ClF3N2O3S. The maximum atomic E-state index is 13.8. The van der Waals surface area contributed by atoms with Crippen LogP contribution in [0.1, 0.15) is 32.4 Å². The Labute approximate surface area is 212 Å². The minimum atomic E-state index is -4.69. The maximum Gasteiger partial charge on any atom is 0.416 e. The minimum Gasteiger partial charge on any atom is -0.358 e. The number of amides is 2. The molecule has 3 aliphatic rings. The highest BCUT2D eigenvalue weighted by atomic mass is 35.5. The molecule has 5 nitrogen and oxygen atoms in total. The number of anilines is 1. The monoisotopic (exact) mass is 528 g/mol. The summed E-state index contributed by atoms with van der Waals surface area (Å²) in [5.74, 6) is -3.78. The van der Waals surface area contributed by atoms with Crippen LogP contribution in [0.25, 0.3) is 6.08 Å². The van der Waals surface area contributed by atoms with Crippen LogP contribution in [0.3, 0.4) is 0 Å². The number of nitrogens with zero attached hydrogens (tertiary/aromatic N) is 2. The molecule has 0 unspecified atom stereocenters. The average Bonchev–Trinajstić information content (AvgIpc) is 3.55. The van der Waals surface area contributed by atoms with Gasteiger partial charge in [-0.25, -0.2) is 4.90 Å².